The molecule has 1 N–H and O–H groups in total. The Labute approximate surface area is 120 Å². The second-order valence-corrected chi connectivity index (χ2v) is 6.58. The lowest BCUT2D eigenvalue weighted by Crippen LogP contribution is -2.11. The third-order valence-electron chi connectivity index (χ3n) is 3.63. The summed E-state index contributed by atoms with van der Waals surface area (Å²) >= 11 is 6.95. The van der Waals surface area contributed by atoms with E-state index in [1.807, 2.05) is 18.2 Å². The monoisotopic (exact) mass is 360 g/mol. The summed E-state index contributed by atoms with van der Waals surface area (Å²) in [7, 11) is 0. The van der Waals surface area contributed by atoms with E-state index in [2.05, 4.69) is 31.9 Å². The Morgan fingerprint density at radius 1 is 1.00 bits per heavy atom. The molecule has 1 unspecified atom stereocenters. The fourth-order valence-electron chi connectivity index (χ4n) is 2.60. The molecule has 1 aromatic carbocycles. The fraction of sp³-hybridized carbons (Fsp3) is 0.571. The van der Waals surface area contributed by atoms with Crippen LogP contribution in [0.1, 0.15) is 50.2 Å². The van der Waals surface area contributed by atoms with E-state index in [0.717, 1.165) is 27.4 Å². The minimum absolute atomic E-state index is 0.308. The molecule has 2 rings (SSSR count). The van der Waals surface area contributed by atoms with E-state index < -0.39 is 0 Å². The van der Waals surface area contributed by atoms with E-state index >= 15 is 0 Å². The van der Waals surface area contributed by atoms with Crippen LogP contribution >= 0.6 is 31.9 Å². The first-order chi connectivity index (χ1) is 8.18. The molecule has 1 saturated carbocycles. The number of benzene rings is 1. The first-order valence-corrected chi connectivity index (χ1v) is 7.90. The summed E-state index contributed by atoms with van der Waals surface area (Å²) in [5, 5.41) is 10.4. The highest BCUT2D eigenvalue weighted by Gasteiger charge is 2.22. The first kappa shape index (κ1) is 13.6. The van der Waals surface area contributed by atoms with Crippen LogP contribution in [0.25, 0.3) is 0 Å². The normalized spacial score (nSPS) is 19.9. The molecule has 3 heteroatoms. The molecular weight excluding hydrogens is 344 g/mol. The Hall–Kier alpha value is 0.140. The van der Waals surface area contributed by atoms with Gasteiger partial charge in [0.05, 0.1) is 6.10 Å². The van der Waals surface area contributed by atoms with E-state index in [4.69, 9.17) is 0 Å². The number of halogens is 2. The van der Waals surface area contributed by atoms with E-state index in [-0.39, 0.29) is 6.10 Å². The largest absolute Gasteiger partial charge is 0.388 e. The van der Waals surface area contributed by atoms with Crippen molar-refractivity contribution >= 4 is 31.9 Å². The van der Waals surface area contributed by atoms with Gasteiger partial charge in [-0.25, -0.2) is 0 Å². The van der Waals surface area contributed by atoms with Gasteiger partial charge in [0.15, 0.2) is 0 Å². The molecule has 1 aliphatic rings. The van der Waals surface area contributed by atoms with Crippen LogP contribution in [-0.2, 0) is 0 Å². The molecule has 0 radical (unpaired) electrons. The van der Waals surface area contributed by atoms with Crippen molar-refractivity contribution in [1.82, 2.24) is 0 Å². The molecule has 0 aliphatic heterocycles. The Balaban J connectivity index is 2.11. The van der Waals surface area contributed by atoms with Gasteiger partial charge in [-0.15, -0.1) is 0 Å². The summed E-state index contributed by atoms with van der Waals surface area (Å²) in [6.07, 6.45) is 7.20. The molecule has 1 atom stereocenters. The highest BCUT2D eigenvalue weighted by Crippen LogP contribution is 2.35. The number of aliphatic hydroxyl groups is 1. The van der Waals surface area contributed by atoms with Crippen LogP contribution in [0.4, 0.5) is 0 Å². The van der Waals surface area contributed by atoms with Crippen molar-refractivity contribution in [3.63, 3.8) is 0 Å². The second-order valence-electron chi connectivity index (χ2n) is 4.87. The van der Waals surface area contributed by atoms with E-state index in [1.165, 1.54) is 25.7 Å². The van der Waals surface area contributed by atoms with Gasteiger partial charge >= 0.3 is 0 Å². The van der Waals surface area contributed by atoms with Crippen molar-refractivity contribution < 1.29 is 5.11 Å². The van der Waals surface area contributed by atoms with Gasteiger partial charge < -0.3 is 5.11 Å². The fourth-order valence-corrected chi connectivity index (χ4v) is 3.24. The SMILES string of the molecule is OC(c1ccc(Br)c(Br)c1)C1CCCCCC1. The van der Waals surface area contributed by atoms with E-state index in [0.29, 0.717) is 5.92 Å². The molecule has 1 aliphatic carbocycles. The standard InChI is InChI=1S/C14H18Br2O/c15-12-8-7-11(9-13(12)16)14(17)10-5-3-1-2-4-6-10/h7-10,14,17H,1-6H2. The highest BCUT2D eigenvalue weighted by molar-refractivity contribution is 9.13. The summed E-state index contributed by atoms with van der Waals surface area (Å²) in [4.78, 5) is 0. The van der Waals surface area contributed by atoms with Crippen LogP contribution < -0.4 is 0 Å². The quantitative estimate of drug-likeness (QED) is 0.716. The van der Waals surface area contributed by atoms with Crippen molar-refractivity contribution in [1.29, 1.82) is 0 Å². The molecule has 1 fully saturated rings. The van der Waals surface area contributed by atoms with E-state index in [9.17, 15) is 5.11 Å². The zero-order valence-corrected chi connectivity index (χ0v) is 13.0. The maximum absolute atomic E-state index is 10.4. The van der Waals surface area contributed by atoms with Gasteiger partial charge in [-0.2, -0.15) is 0 Å². The lowest BCUT2D eigenvalue weighted by Gasteiger charge is -2.22. The van der Waals surface area contributed by atoms with Gasteiger partial charge in [-0.05, 0) is 68.3 Å². The Kier molecular flexibility index (Phi) is 5.07. The molecule has 0 bridgehead atoms. The van der Waals surface area contributed by atoms with Gasteiger partial charge in [-0.1, -0.05) is 31.7 Å². The predicted octanol–water partition coefficient (Wildman–Crippen LogP) is 5.22. The van der Waals surface area contributed by atoms with Crippen molar-refractivity contribution in [2.45, 2.75) is 44.6 Å². The first-order valence-electron chi connectivity index (χ1n) is 6.31. The van der Waals surface area contributed by atoms with Crippen LogP contribution in [0.5, 0.6) is 0 Å². The third kappa shape index (κ3) is 3.55. The molecule has 1 aromatic rings. The lowest BCUT2D eigenvalue weighted by atomic mass is 9.89. The molecule has 0 spiro atoms. The van der Waals surface area contributed by atoms with Gasteiger partial charge in [0, 0.05) is 8.95 Å². The Morgan fingerprint density at radius 2 is 1.65 bits per heavy atom. The lowest BCUT2D eigenvalue weighted by molar-refractivity contribution is 0.0987. The average molecular weight is 362 g/mol. The van der Waals surface area contributed by atoms with E-state index in [1.54, 1.807) is 0 Å². The molecule has 0 saturated heterocycles. The molecular formula is C14H18Br2O. The molecule has 0 aromatic heterocycles. The Bertz CT molecular complexity index is 370. The maximum atomic E-state index is 10.4. The number of hydrogen-bond donors (Lipinski definition) is 1. The molecule has 0 amide bonds. The summed E-state index contributed by atoms with van der Waals surface area (Å²) in [6, 6.07) is 6.05. The summed E-state index contributed by atoms with van der Waals surface area (Å²) < 4.78 is 2.05. The number of aliphatic hydroxyl groups excluding tert-OH is 1. The van der Waals surface area contributed by atoms with Crippen molar-refractivity contribution in [2.75, 3.05) is 0 Å². The number of rotatable bonds is 2. The van der Waals surface area contributed by atoms with Crippen LogP contribution in [-0.4, -0.2) is 5.11 Å². The van der Waals surface area contributed by atoms with Gasteiger partial charge in [0.25, 0.3) is 0 Å². The van der Waals surface area contributed by atoms with Crippen LogP contribution in [0.2, 0.25) is 0 Å². The Morgan fingerprint density at radius 3 is 2.24 bits per heavy atom. The smallest absolute Gasteiger partial charge is 0.0818 e. The van der Waals surface area contributed by atoms with Crippen LogP contribution in [0.15, 0.2) is 27.1 Å². The van der Waals surface area contributed by atoms with Crippen molar-refractivity contribution in [3.8, 4) is 0 Å². The van der Waals surface area contributed by atoms with Crippen molar-refractivity contribution in [2.24, 2.45) is 5.92 Å². The maximum Gasteiger partial charge on any atom is 0.0818 e. The molecule has 0 heterocycles. The molecule has 1 nitrogen and oxygen atoms in total. The summed E-state index contributed by atoms with van der Waals surface area (Å²) in [6.45, 7) is 0. The molecule has 17 heavy (non-hydrogen) atoms. The average Bonchev–Trinajstić information content (AvgIpc) is 2.60. The van der Waals surface area contributed by atoms with Gasteiger partial charge in [-0.3, -0.25) is 0 Å². The van der Waals surface area contributed by atoms with Crippen molar-refractivity contribution in [3.05, 3.63) is 32.7 Å². The van der Waals surface area contributed by atoms with Gasteiger partial charge in [0.1, 0.15) is 0 Å². The minimum Gasteiger partial charge on any atom is -0.388 e. The van der Waals surface area contributed by atoms with Crippen LogP contribution in [0, 0.1) is 5.92 Å². The minimum atomic E-state index is -0.308. The van der Waals surface area contributed by atoms with Gasteiger partial charge in [0.2, 0.25) is 0 Å². The predicted molar refractivity (Wildman–Crippen MR) is 78.0 cm³/mol. The second kappa shape index (κ2) is 6.35. The topological polar surface area (TPSA) is 20.2 Å². The summed E-state index contributed by atoms with van der Waals surface area (Å²) in [5.41, 5.74) is 1.03. The third-order valence-corrected chi connectivity index (χ3v) is 5.51. The highest BCUT2D eigenvalue weighted by atomic mass is 79.9. The summed E-state index contributed by atoms with van der Waals surface area (Å²) in [5.74, 6) is 0.436. The molecule has 94 valence electrons. The number of hydrogen-bond acceptors (Lipinski definition) is 1. The van der Waals surface area contributed by atoms with Crippen LogP contribution in [0.3, 0.4) is 0 Å². The zero-order chi connectivity index (χ0) is 12.3. The zero-order valence-electron chi connectivity index (χ0n) is 9.83.